The van der Waals surface area contributed by atoms with Gasteiger partial charge in [0.1, 0.15) is 0 Å². The zero-order valence-corrected chi connectivity index (χ0v) is 9.43. The van der Waals surface area contributed by atoms with Crippen LogP contribution in [-0.2, 0) is 13.0 Å². The summed E-state index contributed by atoms with van der Waals surface area (Å²) < 4.78 is 2.10. The van der Waals surface area contributed by atoms with Crippen LogP contribution in [0.4, 0.5) is 0 Å². The average molecular weight is 259 g/mol. The van der Waals surface area contributed by atoms with Crippen molar-refractivity contribution >= 4 is 15.9 Å². The predicted octanol–water partition coefficient (Wildman–Crippen LogP) is 1.01. The highest BCUT2D eigenvalue weighted by Gasteiger charge is 2.02. The molecule has 0 aliphatic carbocycles. The molecule has 0 spiro atoms. The number of aromatic amines is 1. The molecule has 0 saturated heterocycles. The van der Waals surface area contributed by atoms with Gasteiger partial charge in [-0.2, -0.15) is 0 Å². The highest BCUT2D eigenvalue weighted by atomic mass is 79.9. The molecule has 1 rings (SSSR count). The Bertz CT molecular complexity index is 459. The van der Waals surface area contributed by atoms with Crippen LogP contribution in [0.25, 0.3) is 0 Å². The molecule has 14 heavy (non-hydrogen) atoms. The quantitative estimate of drug-likeness (QED) is 0.880. The minimum absolute atomic E-state index is 0.311. The van der Waals surface area contributed by atoms with Crippen LogP contribution in [0.5, 0.6) is 0 Å². The van der Waals surface area contributed by atoms with Crippen molar-refractivity contribution in [3.63, 3.8) is 0 Å². The zero-order valence-electron chi connectivity index (χ0n) is 7.84. The lowest BCUT2D eigenvalue weighted by molar-refractivity contribution is 0.718. The van der Waals surface area contributed by atoms with Gasteiger partial charge in [-0.15, -0.1) is 0 Å². The van der Waals surface area contributed by atoms with Crippen molar-refractivity contribution in [2.75, 3.05) is 0 Å². The normalized spacial score (nSPS) is 10.1. The van der Waals surface area contributed by atoms with Gasteiger partial charge in [-0.1, -0.05) is 29.4 Å². The number of nitrogens with one attached hydrogen (secondary N) is 1. The number of halogens is 1. The molecule has 0 radical (unpaired) electrons. The number of nitrogens with zero attached hydrogens (tertiary/aromatic N) is 1. The molecule has 0 bridgehead atoms. The van der Waals surface area contributed by atoms with Gasteiger partial charge in [-0.3, -0.25) is 14.3 Å². The van der Waals surface area contributed by atoms with E-state index in [1.807, 2.05) is 6.92 Å². The Hall–Kier alpha value is -1.10. The Balaban J connectivity index is 3.24. The second-order valence-electron chi connectivity index (χ2n) is 2.91. The molecule has 0 fully saturated rings. The molecule has 4 nitrogen and oxygen atoms in total. The number of H-pyrrole nitrogens is 1. The number of hydrogen-bond acceptors (Lipinski definition) is 2. The van der Waals surface area contributed by atoms with Crippen LogP contribution >= 0.6 is 15.9 Å². The van der Waals surface area contributed by atoms with Crippen molar-refractivity contribution < 1.29 is 0 Å². The van der Waals surface area contributed by atoms with Crippen molar-refractivity contribution in [2.24, 2.45) is 0 Å². The number of aromatic nitrogens is 2. The number of hydrogen-bond donors (Lipinski definition) is 1. The fraction of sp³-hybridized carbons (Fsp3) is 0.333. The van der Waals surface area contributed by atoms with Crippen molar-refractivity contribution in [3.8, 4) is 0 Å². The predicted molar refractivity (Wildman–Crippen MR) is 58.8 cm³/mol. The van der Waals surface area contributed by atoms with Crippen molar-refractivity contribution in [1.29, 1.82) is 0 Å². The standard InChI is InChI=1S/C9H11BrN2O2/c1-3-7-5-12(4-6(2)10)9(14)11-8(7)13/h5H,2-4H2,1H3,(H,11,13,14). The van der Waals surface area contributed by atoms with E-state index >= 15 is 0 Å². The molecule has 0 aliphatic rings. The first-order valence-corrected chi connectivity index (χ1v) is 4.99. The van der Waals surface area contributed by atoms with Crippen molar-refractivity contribution in [1.82, 2.24) is 9.55 Å². The van der Waals surface area contributed by atoms with E-state index in [0.29, 0.717) is 23.0 Å². The van der Waals surface area contributed by atoms with Crippen LogP contribution in [0.2, 0.25) is 0 Å². The van der Waals surface area contributed by atoms with E-state index in [0.717, 1.165) is 0 Å². The maximum atomic E-state index is 11.3. The molecule has 0 aliphatic heterocycles. The molecule has 0 saturated carbocycles. The molecular formula is C9H11BrN2O2. The van der Waals surface area contributed by atoms with E-state index in [4.69, 9.17) is 0 Å². The Morgan fingerprint density at radius 3 is 2.79 bits per heavy atom. The molecule has 1 aromatic rings. The van der Waals surface area contributed by atoms with Gasteiger partial charge in [-0.25, -0.2) is 4.79 Å². The van der Waals surface area contributed by atoms with Crippen LogP contribution in [-0.4, -0.2) is 9.55 Å². The highest BCUT2D eigenvalue weighted by molar-refractivity contribution is 9.11. The molecule has 0 atom stereocenters. The fourth-order valence-corrected chi connectivity index (χ4v) is 1.38. The second kappa shape index (κ2) is 4.41. The van der Waals surface area contributed by atoms with Gasteiger partial charge >= 0.3 is 5.69 Å². The van der Waals surface area contributed by atoms with Crippen molar-refractivity contribution in [2.45, 2.75) is 19.9 Å². The summed E-state index contributed by atoms with van der Waals surface area (Å²) in [7, 11) is 0. The number of allylic oxidation sites excluding steroid dienone is 1. The SMILES string of the molecule is C=C(Br)Cn1cc(CC)c(=O)[nH]c1=O. The Labute approximate surface area is 89.4 Å². The van der Waals surface area contributed by atoms with Crippen LogP contribution in [0, 0.1) is 0 Å². The average Bonchev–Trinajstić information content (AvgIpc) is 2.09. The molecule has 0 aromatic carbocycles. The summed E-state index contributed by atoms with van der Waals surface area (Å²) in [5, 5.41) is 0. The Kier molecular flexibility index (Phi) is 3.46. The zero-order chi connectivity index (χ0) is 10.7. The Morgan fingerprint density at radius 1 is 1.64 bits per heavy atom. The third kappa shape index (κ3) is 2.45. The summed E-state index contributed by atoms with van der Waals surface area (Å²) in [6.07, 6.45) is 2.16. The van der Waals surface area contributed by atoms with Crippen LogP contribution in [0.1, 0.15) is 12.5 Å². The summed E-state index contributed by atoms with van der Waals surface area (Å²) in [5.41, 5.74) is -0.125. The second-order valence-corrected chi connectivity index (χ2v) is 4.03. The van der Waals surface area contributed by atoms with Crippen LogP contribution < -0.4 is 11.2 Å². The van der Waals surface area contributed by atoms with E-state index in [1.165, 1.54) is 4.57 Å². The molecule has 1 aromatic heterocycles. The van der Waals surface area contributed by atoms with Crippen molar-refractivity contribution in [3.05, 3.63) is 43.7 Å². The van der Waals surface area contributed by atoms with Gasteiger partial charge in [0, 0.05) is 16.2 Å². The van der Waals surface area contributed by atoms with Crippen LogP contribution in [0.15, 0.2) is 26.8 Å². The van der Waals surface area contributed by atoms with Gasteiger partial charge in [0.25, 0.3) is 5.56 Å². The third-order valence-corrected chi connectivity index (χ3v) is 2.06. The van der Waals surface area contributed by atoms with Gasteiger partial charge < -0.3 is 0 Å². The molecular weight excluding hydrogens is 248 g/mol. The smallest absolute Gasteiger partial charge is 0.295 e. The van der Waals surface area contributed by atoms with Crippen LogP contribution in [0.3, 0.4) is 0 Å². The summed E-state index contributed by atoms with van der Waals surface area (Å²) in [6.45, 7) is 5.86. The molecule has 1 heterocycles. The molecule has 1 N–H and O–H groups in total. The van der Waals surface area contributed by atoms with Gasteiger partial charge in [0.2, 0.25) is 0 Å². The number of rotatable bonds is 3. The van der Waals surface area contributed by atoms with Gasteiger partial charge in [0.05, 0.1) is 6.54 Å². The minimum Gasteiger partial charge on any atom is -0.295 e. The maximum absolute atomic E-state index is 11.3. The first kappa shape index (κ1) is 11.0. The monoisotopic (exact) mass is 258 g/mol. The molecule has 0 unspecified atom stereocenters. The topological polar surface area (TPSA) is 54.9 Å². The maximum Gasteiger partial charge on any atom is 0.328 e. The first-order valence-electron chi connectivity index (χ1n) is 4.20. The largest absolute Gasteiger partial charge is 0.328 e. The lowest BCUT2D eigenvalue weighted by Gasteiger charge is -2.04. The van der Waals surface area contributed by atoms with Gasteiger partial charge in [-0.05, 0) is 6.42 Å². The first-order chi connectivity index (χ1) is 6.54. The summed E-state index contributed by atoms with van der Waals surface area (Å²) in [6, 6.07) is 0. The third-order valence-electron chi connectivity index (χ3n) is 1.81. The van der Waals surface area contributed by atoms with Gasteiger partial charge in [0.15, 0.2) is 0 Å². The van der Waals surface area contributed by atoms with E-state index < -0.39 is 5.69 Å². The molecule has 76 valence electrons. The summed E-state index contributed by atoms with van der Waals surface area (Å²) in [4.78, 5) is 24.7. The lowest BCUT2D eigenvalue weighted by Crippen LogP contribution is -2.31. The van der Waals surface area contributed by atoms with E-state index in [1.54, 1.807) is 6.20 Å². The number of aryl methyl sites for hydroxylation is 1. The summed E-state index contributed by atoms with van der Waals surface area (Å²) >= 11 is 3.16. The van der Waals surface area contributed by atoms with E-state index in [2.05, 4.69) is 27.5 Å². The lowest BCUT2D eigenvalue weighted by atomic mass is 10.3. The van der Waals surface area contributed by atoms with E-state index in [-0.39, 0.29) is 5.56 Å². The summed E-state index contributed by atoms with van der Waals surface area (Å²) in [5.74, 6) is 0. The Morgan fingerprint density at radius 2 is 2.29 bits per heavy atom. The fourth-order valence-electron chi connectivity index (χ4n) is 1.11. The van der Waals surface area contributed by atoms with E-state index in [9.17, 15) is 9.59 Å². The molecule has 5 heteroatoms. The molecule has 0 amide bonds. The minimum atomic E-state index is -0.409. The highest BCUT2D eigenvalue weighted by Crippen LogP contribution is 2.02.